The van der Waals surface area contributed by atoms with Gasteiger partial charge in [-0.25, -0.2) is 4.98 Å². The number of hydrogen-bond donors (Lipinski definition) is 0. The number of carbonyl (C=O) groups excluding carboxylic acids is 1. The number of furan rings is 1. The lowest BCUT2D eigenvalue weighted by Gasteiger charge is -2.34. The van der Waals surface area contributed by atoms with E-state index in [2.05, 4.69) is 15.0 Å². The van der Waals surface area contributed by atoms with E-state index < -0.39 is 0 Å². The molecule has 1 amide bonds. The third kappa shape index (κ3) is 3.41. The highest BCUT2D eigenvalue weighted by atomic mass is 16.3. The molecule has 0 saturated carbocycles. The van der Waals surface area contributed by atoms with E-state index in [4.69, 9.17) is 4.42 Å². The largest absolute Gasteiger partial charge is 0.451 e. The van der Waals surface area contributed by atoms with Gasteiger partial charge in [0.1, 0.15) is 18.2 Å². The number of hydrogen-bond acceptors (Lipinski definition) is 5. The van der Waals surface area contributed by atoms with E-state index in [9.17, 15) is 4.79 Å². The number of piperazine rings is 1. The van der Waals surface area contributed by atoms with Crippen LogP contribution in [-0.2, 0) is 6.54 Å². The highest BCUT2D eigenvalue weighted by Crippen LogP contribution is 2.22. The van der Waals surface area contributed by atoms with Crippen molar-refractivity contribution in [3.8, 4) is 0 Å². The molecule has 1 aromatic carbocycles. The Morgan fingerprint density at radius 1 is 1.16 bits per heavy atom. The smallest absolute Gasteiger partial charge is 0.289 e. The van der Waals surface area contributed by atoms with Crippen LogP contribution < -0.4 is 0 Å². The molecule has 0 aliphatic carbocycles. The third-order valence-electron chi connectivity index (χ3n) is 4.65. The molecule has 0 atom stereocenters. The molecule has 3 aromatic rings. The molecular weight excluding hydrogens is 318 g/mol. The molecule has 3 heterocycles. The lowest BCUT2D eigenvalue weighted by atomic mass is 10.2. The molecule has 1 aliphatic heterocycles. The van der Waals surface area contributed by atoms with Crippen molar-refractivity contribution in [3.05, 3.63) is 48.2 Å². The highest BCUT2D eigenvalue weighted by molar-refractivity contribution is 5.96. The third-order valence-corrected chi connectivity index (χ3v) is 4.65. The Labute approximate surface area is 145 Å². The van der Waals surface area contributed by atoms with Crippen LogP contribution in [0, 0.1) is 6.92 Å². The number of aromatic nitrogens is 3. The van der Waals surface area contributed by atoms with Crippen LogP contribution in [0.4, 0.5) is 0 Å². The summed E-state index contributed by atoms with van der Waals surface area (Å²) < 4.78 is 7.57. The van der Waals surface area contributed by atoms with E-state index in [0.717, 1.165) is 42.7 Å². The summed E-state index contributed by atoms with van der Waals surface area (Å²) in [6, 6.07) is 7.80. The maximum Gasteiger partial charge on any atom is 0.289 e. The zero-order valence-corrected chi connectivity index (χ0v) is 14.3. The highest BCUT2D eigenvalue weighted by Gasteiger charge is 2.24. The van der Waals surface area contributed by atoms with Crippen molar-refractivity contribution >= 4 is 16.9 Å². The average molecular weight is 339 g/mol. The van der Waals surface area contributed by atoms with Gasteiger partial charge in [-0.3, -0.25) is 14.4 Å². The molecule has 1 saturated heterocycles. The van der Waals surface area contributed by atoms with Gasteiger partial charge in [0.15, 0.2) is 5.76 Å². The van der Waals surface area contributed by atoms with Gasteiger partial charge in [-0.1, -0.05) is 11.6 Å². The lowest BCUT2D eigenvalue weighted by molar-refractivity contribution is 0.0603. The first-order chi connectivity index (χ1) is 12.2. The summed E-state index contributed by atoms with van der Waals surface area (Å²) >= 11 is 0. The van der Waals surface area contributed by atoms with Gasteiger partial charge in [0.2, 0.25) is 0 Å². The van der Waals surface area contributed by atoms with E-state index in [1.807, 2.05) is 40.8 Å². The van der Waals surface area contributed by atoms with Crippen molar-refractivity contribution in [3.63, 3.8) is 0 Å². The fourth-order valence-corrected chi connectivity index (χ4v) is 3.19. The van der Waals surface area contributed by atoms with E-state index >= 15 is 0 Å². The first kappa shape index (κ1) is 15.8. The molecule has 1 aliphatic rings. The number of rotatable bonds is 4. The van der Waals surface area contributed by atoms with Crippen LogP contribution >= 0.6 is 0 Å². The summed E-state index contributed by atoms with van der Waals surface area (Å²) in [6.45, 7) is 6.91. The Hall–Kier alpha value is -2.67. The molecule has 4 rings (SSSR count). The summed E-state index contributed by atoms with van der Waals surface area (Å²) in [4.78, 5) is 20.9. The summed E-state index contributed by atoms with van der Waals surface area (Å²) in [5.41, 5.74) is 1.92. The molecular formula is C18H21N5O2. The van der Waals surface area contributed by atoms with Crippen molar-refractivity contribution in [1.29, 1.82) is 0 Å². The SMILES string of the molecule is Cc1ccc2oc(C(=O)N3CCN(CCn4cncn4)CC3)cc2c1. The van der Waals surface area contributed by atoms with Crippen LogP contribution in [0.2, 0.25) is 0 Å². The Morgan fingerprint density at radius 3 is 2.76 bits per heavy atom. The molecule has 1 fully saturated rings. The minimum atomic E-state index is -0.0234. The zero-order chi connectivity index (χ0) is 17.2. The molecule has 0 radical (unpaired) electrons. The van der Waals surface area contributed by atoms with Crippen molar-refractivity contribution in [2.24, 2.45) is 0 Å². The lowest BCUT2D eigenvalue weighted by Crippen LogP contribution is -2.49. The van der Waals surface area contributed by atoms with Gasteiger partial charge in [0.25, 0.3) is 5.91 Å². The number of amides is 1. The minimum Gasteiger partial charge on any atom is -0.451 e. The second kappa shape index (κ2) is 6.68. The number of fused-ring (bicyclic) bond motifs is 1. The molecule has 7 nitrogen and oxygen atoms in total. The monoisotopic (exact) mass is 339 g/mol. The van der Waals surface area contributed by atoms with E-state index in [-0.39, 0.29) is 5.91 Å². The van der Waals surface area contributed by atoms with Crippen molar-refractivity contribution in [2.45, 2.75) is 13.5 Å². The molecule has 0 N–H and O–H groups in total. The molecule has 0 bridgehead atoms. The molecule has 2 aromatic heterocycles. The number of nitrogens with zero attached hydrogens (tertiary/aromatic N) is 5. The fraction of sp³-hybridized carbons (Fsp3) is 0.389. The normalized spacial score (nSPS) is 15.8. The Bertz CT molecular complexity index is 863. The zero-order valence-electron chi connectivity index (χ0n) is 14.3. The van der Waals surface area contributed by atoms with Crippen molar-refractivity contribution in [1.82, 2.24) is 24.6 Å². The van der Waals surface area contributed by atoms with Crippen molar-refractivity contribution in [2.75, 3.05) is 32.7 Å². The fourth-order valence-electron chi connectivity index (χ4n) is 3.19. The van der Waals surface area contributed by atoms with Gasteiger partial charge in [0.05, 0.1) is 6.54 Å². The van der Waals surface area contributed by atoms with Crippen LogP contribution in [0.15, 0.2) is 41.3 Å². The maximum absolute atomic E-state index is 12.7. The Balaban J connectivity index is 1.35. The quantitative estimate of drug-likeness (QED) is 0.725. The van der Waals surface area contributed by atoms with Crippen LogP contribution in [0.1, 0.15) is 16.1 Å². The van der Waals surface area contributed by atoms with Crippen LogP contribution in [0.5, 0.6) is 0 Å². The predicted octanol–water partition coefficient (Wildman–Crippen LogP) is 1.79. The van der Waals surface area contributed by atoms with Crippen molar-refractivity contribution < 1.29 is 9.21 Å². The van der Waals surface area contributed by atoms with E-state index in [1.54, 1.807) is 12.7 Å². The Kier molecular flexibility index (Phi) is 4.23. The summed E-state index contributed by atoms with van der Waals surface area (Å²) in [5, 5.41) is 5.09. The van der Waals surface area contributed by atoms with Crippen LogP contribution in [-0.4, -0.2) is 63.2 Å². The van der Waals surface area contributed by atoms with E-state index in [0.29, 0.717) is 18.8 Å². The number of benzene rings is 1. The molecule has 130 valence electrons. The van der Waals surface area contributed by atoms with Crippen LogP contribution in [0.25, 0.3) is 11.0 Å². The molecule has 25 heavy (non-hydrogen) atoms. The number of aryl methyl sites for hydroxylation is 1. The Morgan fingerprint density at radius 2 is 2.00 bits per heavy atom. The standard InChI is InChI=1S/C18H21N5O2/c1-14-2-3-16-15(10-14)11-17(25-16)18(24)22-7-4-21(5-8-22)6-9-23-13-19-12-20-23/h2-3,10-13H,4-9H2,1H3. The predicted molar refractivity (Wildman–Crippen MR) is 93.3 cm³/mol. The van der Waals surface area contributed by atoms with Gasteiger partial charge < -0.3 is 9.32 Å². The topological polar surface area (TPSA) is 67.4 Å². The summed E-state index contributed by atoms with van der Waals surface area (Å²) in [7, 11) is 0. The van der Waals surface area contributed by atoms with Gasteiger partial charge in [-0.2, -0.15) is 5.10 Å². The molecule has 0 unspecified atom stereocenters. The summed E-state index contributed by atoms with van der Waals surface area (Å²) in [5.74, 6) is 0.404. The van der Waals surface area contributed by atoms with Gasteiger partial charge in [-0.15, -0.1) is 0 Å². The summed E-state index contributed by atoms with van der Waals surface area (Å²) in [6.07, 6.45) is 3.27. The maximum atomic E-state index is 12.7. The first-order valence-electron chi connectivity index (χ1n) is 8.53. The van der Waals surface area contributed by atoms with Gasteiger partial charge in [0, 0.05) is 38.1 Å². The van der Waals surface area contributed by atoms with E-state index in [1.165, 1.54) is 0 Å². The van der Waals surface area contributed by atoms with Gasteiger partial charge >= 0.3 is 0 Å². The molecule has 0 spiro atoms. The molecule has 7 heteroatoms. The van der Waals surface area contributed by atoms with Crippen LogP contribution in [0.3, 0.4) is 0 Å². The first-order valence-corrected chi connectivity index (χ1v) is 8.53. The second-order valence-electron chi connectivity index (χ2n) is 6.44. The second-order valence-corrected chi connectivity index (χ2v) is 6.44. The number of carbonyl (C=O) groups is 1. The van der Waals surface area contributed by atoms with Gasteiger partial charge in [-0.05, 0) is 25.1 Å². The minimum absolute atomic E-state index is 0.0234. The average Bonchev–Trinajstić information content (AvgIpc) is 3.29.